The monoisotopic (exact) mass is 281 g/mol. The Bertz CT molecular complexity index is 418. The van der Waals surface area contributed by atoms with Crippen LogP contribution in [0.15, 0.2) is 24.3 Å². The standard InChI is InChI=1S/C15H23NO2S/c1-4-15(2,3)18-11-7-10-17-13-9-6-5-8-12(13)14(16)19/h5-6,8-9H,4,7,10-11H2,1-3H3,(H2,16,19). The SMILES string of the molecule is CCC(C)(C)OCCCOc1ccccc1C(N)=S. The highest BCUT2D eigenvalue weighted by molar-refractivity contribution is 7.80. The van der Waals surface area contributed by atoms with Gasteiger partial charge in [-0.2, -0.15) is 0 Å². The third-order valence-corrected chi connectivity index (χ3v) is 3.26. The molecule has 0 saturated carbocycles. The van der Waals surface area contributed by atoms with Crippen LogP contribution >= 0.6 is 12.2 Å². The van der Waals surface area contributed by atoms with Gasteiger partial charge in [-0.15, -0.1) is 0 Å². The molecule has 0 aliphatic carbocycles. The van der Waals surface area contributed by atoms with Crippen LogP contribution in [0.1, 0.15) is 39.2 Å². The molecular weight excluding hydrogens is 258 g/mol. The Morgan fingerprint density at radius 1 is 1.26 bits per heavy atom. The van der Waals surface area contributed by atoms with Crippen LogP contribution in [0, 0.1) is 0 Å². The molecule has 0 radical (unpaired) electrons. The van der Waals surface area contributed by atoms with Gasteiger partial charge in [0.25, 0.3) is 0 Å². The summed E-state index contributed by atoms with van der Waals surface area (Å²) in [5.74, 6) is 0.741. The Kier molecular flexibility index (Phi) is 6.25. The zero-order valence-electron chi connectivity index (χ0n) is 11.9. The van der Waals surface area contributed by atoms with Gasteiger partial charge in [-0.1, -0.05) is 31.3 Å². The summed E-state index contributed by atoms with van der Waals surface area (Å²) in [5, 5.41) is 0. The molecule has 4 heteroatoms. The van der Waals surface area contributed by atoms with E-state index < -0.39 is 0 Å². The minimum Gasteiger partial charge on any atom is -0.493 e. The van der Waals surface area contributed by atoms with Gasteiger partial charge < -0.3 is 15.2 Å². The molecule has 0 aliphatic heterocycles. The normalized spacial score (nSPS) is 11.3. The summed E-state index contributed by atoms with van der Waals surface area (Å²) >= 11 is 4.99. The Morgan fingerprint density at radius 3 is 2.58 bits per heavy atom. The summed E-state index contributed by atoms with van der Waals surface area (Å²) in [4.78, 5) is 0.360. The van der Waals surface area contributed by atoms with Crippen LogP contribution in [-0.4, -0.2) is 23.8 Å². The van der Waals surface area contributed by atoms with Crippen molar-refractivity contribution in [3.63, 3.8) is 0 Å². The maximum atomic E-state index is 5.76. The van der Waals surface area contributed by atoms with Gasteiger partial charge in [0.15, 0.2) is 0 Å². The molecular formula is C15H23NO2S. The van der Waals surface area contributed by atoms with E-state index in [9.17, 15) is 0 Å². The van der Waals surface area contributed by atoms with Gasteiger partial charge in [0.1, 0.15) is 10.7 Å². The van der Waals surface area contributed by atoms with Crippen molar-refractivity contribution in [3.05, 3.63) is 29.8 Å². The molecule has 0 fully saturated rings. The van der Waals surface area contributed by atoms with Gasteiger partial charge in [-0.3, -0.25) is 0 Å². The maximum Gasteiger partial charge on any atom is 0.129 e. The molecule has 0 atom stereocenters. The van der Waals surface area contributed by atoms with Crippen molar-refractivity contribution in [1.82, 2.24) is 0 Å². The Morgan fingerprint density at radius 2 is 1.95 bits per heavy atom. The largest absolute Gasteiger partial charge is 0.493 e. The molecule has 1 rings (SSSR count). The van der Waals surface area contributed by atoms with E-state index in [0.29, 0.717) is 18.2 Å². The molecule has 0 unspecified atom stereocenters. The number of hydrogen-bond acceptors (Lipinski definition) is 3. The highest BCUT2D eigenvalue weighted by atomic mass is 32.1. The molecule has 0 aromatic heterocycles. The number of ether oxygens (including phenoxy) is 2. The first-order chi connectivity index (χ1) is 8.96. The van der Waals surface area contributed by atoms with Crippen LogP contribution in [-0.2, 0) is 4.74 Å². The maximum absolute atomic E-state index is 5.76. The van der Waals surface area contributed by atoms with Gasteiger partial charge in [0, 0.05) is 6.42 Å². The number of para-hydroxylation sites is 1. The molecule has 0 heterocycles. The summed E-state index contributed by atoms with van der Waals surface area (Å²) in [7, 11) is 0. The van der Waals surface area contributed by atoms with Crippen LogP contribution in [0.5, 0.6) is 5.75 Å². The number of benzene rings is 1. The molecule has 1 aromatic rings. The zero-order valence-corrected chi connectivity index (χ0v) is 12.8. The Hall–Kier alpha value is -1.13. The highest BCUT2D eigenvalue weighted by Crippen LogP contribution is 2.18. The molecule has 0 spiro atoms. The lowest BCUT2D eigenvalue weighted by molar-refractivity contribution is -0.0241. The van der Waals surface area contributed by atoms with E-state index in [1.54, 1.807) is 0 Å². The zero-order chi connectivity index (χ0) is 14.3. The van der Waals surface area contributed by atoms with Crippen LogP contribution in [0.3, 0.4) is 0 Å². The predicted octanol–water partition coefficient (Wildman–Crippen LogP) is 3.29. The van der Waals surface area contributed by atoms with Gasteiger partial charge in [0.2, 0.25) is 0 Å². The quantitative estimate of drug-likeness (QED) is 0.586. The lowest BCUT2D eigenvalue weighted by atomic mass is 10.1. The first kappa shape index (κ1) is 15.9. The summed E-state index contributed by atoms with van der Waals surface area (Å²) in [6.45, 7) is 7.59. The lowest BCUT2D eigenvalue weighted by Crippen LogP contribution is -2.24. The average Bonchev–Trinajstić information content (AvgIpc) is 2.38. The fourth-order valence-electron chi connectivity index (χ4n) is 1.49. The Labute approximate surface area is 121 Å². The van der Waals surface area contributed by atoms with Crippen LogP contribution in [0.2, 0.25) is 0 Å². The molecule has 106 valence electrons. The highest BCUT2D eigenvalue weighted by Gasteiger charge is 2.14. The van der Waals surface area contributed by atoms with E-state index in [-0.39, 0.29) is 5.60 Å². The van der Waals surface area contributed by atoms with Crippen molar-refractivity contribution < 1.29 is 9.47 Å². The van der Waals surface area contributed by atoms with Crippen molar-refractivity contribution in [2.24, 2.45) is 5.73 Å². The molecule has 0 aliphatic rings. The van der Waals surface area contributed by atoms with Crippen LogP contribution in [0.25, 0.3) is 0 Å². The molecule has 1 aromatic carbocycles. The molecule has 19 heavy (non-hydrogen) atoms. The van der Waals surface area contributed by atoms with Crippen molar-refractivity contribution in [1.29, 1.82) is 0 Å². The molecule has 2 N–H and O–H groups in total. The average molecular weight is 281 g/mol. The smallest absolute Gasteiger partial charge is 0.129 e. The number of hydrogen-bond donors (Lipinski definition) is 1. The molecule has 0 amide bonds. The van der Waals surface area contributed by atoms with E-state index in [1.165, 1.54) is 0 Å². The Balaban J connectivity index is 2.36. The van der Waals surface area contributed by atoms with Crippen molar-refractivity contribution in [2.45, 2.75) is 39.2 Å². The fourth-order valence-corrected chi connectivity index (χ4v) is 1.66. The first-order valence-electron chi connectivity index (χ1n) is 6.62. The topological polar surface area (TPSA) is 44.5 Å². The van der Waals surface area contributed by atoms with E-state index >= 15 is 0 Å². The summed E-state index contributed by atoms with van der Waals surface area (Å²) in [5.41, 5.74) is 6.37. The second-order valence-corrected chi connectivity index (χ2v) is 5.46. The fraction of sp³-hybridized carbons (Fsp3) is 0.533. The predicted molar refractivity (Wildman–Crippen MR) is 82.8 cm³/mol. The van der Waals surface area contributed by atoms with Gasteiger partial charge in [0.05, 0.1) is 24.4 Å². The first-order valence-corrected chi connectivity index (χ1v) is 7.02. The van der Waals surface area contributed by atoms with E-state index in [2.05, 4.69) is 20.8 Å². The lowest BCUT2D eigenvalue weighted by Gasteiger charge is -2.23. The number of rotatable bonds is 8. The second kappa shape index (κ2) is 7.46. The summed E-state index contributed by atoms with van der Waals surface area (Å²) in [6.07, 6.45) is 1.84. The minimum absolute atomic E-state index is 0.0588. The van der Waals surface area contributed by atoms with Gasteiger partial charge >= 0.3 is 0 Å². The van der Waals surface area contributed by atoms with Crippen molar-refractivity contribution >= 4 is 17.2 Å². The van der Waals surface area contributed by atoms with Gasteiger partial charge in [-0.25, -0.2) is 0 Å². The van der Waals surface area contributed by atoms with E-state index in [0.717, 1.165) is 24.2 Å². The molecule has 0 saturated heterocycles. The van der Waals surface area contributed by atoms with Crippen molar-refractivity contribution in [2.75, 3.05) is 13.2 Å². The van der Waals surface area contributed by atoms with Crippen molar-refractivity contribution in [3.8, 4) is 5.75 Å². The number of thiocarbonyl (C=S) groups is 1. The summed E-state index contributed by atoms with van der Waals surface area (Å²) < 4.78 is 11.5. The molecule has 0 bridgehead atoms. The number of nitrogens with two attached hydrogens (primary N) is 1. The van der Waals surface area contributed by atoms with E-state index in [4.69, 9.17) is 27.4 Å². The summed E-state index contributed by atoms with van der Waals surface area (Å²) in [6, 6.07) is 7.56. The molecule has 3 nitrogen and oxygen atoms in total. The minimum atomic E-state index is -0.0588. The van der Waals surface area contributed by atoms with Crippen LogP contribution in [0.4, 0.5) is 0 Å². The van der Waals surface area contributed by atoms with E-state index in [1.807, 2.05) is 24.3 Å². The second-order valence-electron chi connectivity index (χ2n) is 5.02. The van der Waals surface area contributed by atoms with Gasteiger partial charge in [-0.05, 0) is 32.4 Å². The van der Waals surface area contributed by atoms with Crippen LogP contribution < -0.4 is 10.5 Å². The third kappa shape index (κ3) is 5.57. The third-order valence-electron chi connectivity index (χ3n) is 3.04.